The number of hydrogen-bond donors (Lipinski definition) is 1. The van der Waals surface area contributed by atoms with Gasteiger partial charge in [0.25, 0.3) is 0 Å². The van der Waals surface area contributed by atoms with Crippen LogP contribution in [0.15, 0.2) is 30.3 Å². The molecule has 0 radical (unpaired) electrons. The maximum absolute atomic E-state index is 11.7. The maximum Gasteiger partial charge on any atom is 0.310 e. The standard InChI is InChI=1S/C15H22N2O2/c1-17-10-13(15(18)19-2)8-14(11-17)16-9-12-6-4-3-5-7-12/h3-7,13-14,16H,8-11H2,1-2H3. The quantitative estimate of drug-likeness (QED) is 0.830. The van der Waals surface area contributed by atoms with Crippen LogP contribution >= 0.6 is 0 Å². The second kappa shape index (κ2) is 6.68. The van der Waals surface area contributed by atoms with E-state index in [9.17, 15) is 4.79 Å². The summed E-state index contributed by atoms with van der Waals surface area (Å²) in [4.78, 5) is 13.8. The van der Waals surface area contributed by atoms with Gasteiger partial charge < -0.3 is 15.0 Å². The van der Waals surface area contributed by atoms with Crippen molar-refractivity contribution in [2.45, 2.75) is 19.0 Å². The summed E-state index contributed by atoms with van der Waals surface area (Å²) >= 11 is 0. The summed E-state index contributed by atoms with van der Waals surface area (Å²) in [5, 5.41) is 3.53. The number of esters is 1. The van der Waals surface area contributed by atoms with Crippen LogP contribution in [0, 0.1) is 5.92 Å². The first-order valence-electron chi connectivity index (χ1n) is 6.72. The Morgan fingerprint density at radius 3 is 2.79 bits per heavy atom. The average molecular weight is 262 g/mol. The monoisotopic (exact) mass is 262 g/mol. The first-order chi connectivity index (χ1) is 9.19. The molecule has 1 N–H and O–H groups in total. The van der Waals surface area contributed by atoms with E-state index in [2.05, 4.69) is 22.3 Å². The van der Waals surface area contributed by atoms with Crippen LogP contribution in [0.25, 0.3) is 0 Å². The van der Waals surface area contributed by atoms with Crippen molar-refractivity contribution >= 4 is 5.97 Å². The summed E-state index contributed by atoms with van der Waals surface area (Å²) in [6, 6.07) is 10.7. The van der Waals surface area contributed by atoms with Crippen molar-refractivity contribution in [1.82, 2.24) is 10.2 Å². The van der Waals surface area contributed by atoms with Crippen LogP contribution < -0.4 is 5.32 Å². The van der Waals surface area contributed by atoms with Gasteiger partial charge in [-0.25, -0.2) is 0 Å². The number of benzene rings is 1. The third kappa shape index (κ3) is 4.04. The molecule has 2 unspecified atom stereocenters. The van der Waals surface area contributed by atoms with Gasteiger partial charge >= 0.3 is 5.97 Å². The number of hydrogen-bond acceptors (Lipinski definition) is 4. The fraction of sp³-hybridized carbons (Fsp3) is 0.533. The molecule has 1 fully saturated rings. The Morgan fingerprint density at radius 2 is 2.11 bits per heavy atom. The minimum absolute atomic E-state index is 0.0166. The van der Waals surface area contributed by atoms with Crippen LogP contribution in [0.1, 0.15) is 12.0 Å². The van der Waals surface area contributed by atoms with E-state index in [1.54, 1.807) is 0 Å². The smallest absolute Gasteiger partial charge is 0.310 e. The number of carbonyl (C=O) groups excluding carboxylic acids is 1. The number of piperidine rings is 1. The van der Waals surface area contributed by atoms with Crippen LogP contribution in [0.3, 0.4) is 0 Å². The van der Waals surface area contributed by atoms with E-state index in [4.69, 9.17) is 4.74 Å². The molecule has 4 nitrogen and oxygen atoms in total. The van der Waals surface area contributed by atoms with E-state index in [-0.39, 0.29) is 11.9 Å². The van der Waals surface area contributed by atoms with Gasteiger partial charge in [0.05, 0.1) is 13.0 Å². The fourth-order valence-corrected chi connectivity index (χ4v) is 2.66. The van der Waals surface area contributed by atoms with Gasteiger partial charge in [-0.15, -0.1) is 0 Å². The highest BCUT2D eigenvalue weighted by molar-refractivity contribution is 5.72. The number of likely N-dealkylation sites (tertiary alicyclic amines) is 1. The van der Waals surface area contributed by atoms with Crippen LogP contribution in [0.2, 0.25) is 0 Å². The molecule has 2 rings (SSSR count). The molecule has 1 saturated heterocycles. The molecule has 0 bridgehead atoms. The molecule has 1 heterocycles. The summed E-state index contributed by atoms with van der Waals surface area (Å²) in [6.45, 7) is 2.60. The second-order valence-corrected chi connectivity index (χ2v) is 5.24. The van der Waals surface area contributed by atoms with Gasteiger partial charge in [-0.2, -0.15) is 0 Å². The number of rotatable bonds is 4. The highest BCUT2D eigenvalue weighted by atomic mass is 16.5. The molecule has 104 valence electrons. The lowest BCUT2D eigenvalue weighted by Crippen LogP contribution is -2.49. The normalized spacial score (nSPS) is 24.1. The third-order valence-corrected chi connectivity index (χ3v) is 3.61. The van der Waals surface area contributed by atoms with E-state index in [0.29, 0.717) is 6.04 Å². The molecule has 0 aromatic heterocycles. The lowest BCUT2D eigenvalue weighted by atomic mass is 9.94. The molecule has 1 aliphatic rings. The Hall–Kier alpha value is -1.39. The first kappa shape index (κ1) is 14.0. The molecule has 1 aromatic rings. The highest BCUT2D eigenvalue weighted by Gasteiger charge is 2.30. The Bertz CT molecular complexity index is 408. The van der Waals surface area contributed by atoms with E-state index in [1.165, 1.54) is 12.7 Å². The van der Waals surface area contributed by atoms with Gasteiger partial charge in [-0.05, 0) is 19.0 Å². The number of nitrogens with one attached hydrogen (secondary N) is 1. The van der Waals surface area contributed by atoms with E-state index in [0.717, 1.165) is 26.1 Å². The number of ether oxygens (including phenoxy) is 1. The fourth-order valence-electron chi connectivity index (χ4n) is 2.66. The lowest BCUT2D eigenvalue weighted by Gasteiger charge is -2.34. The lowest BCUT2D eigenvalue weighted by molar-refractivity contribution is -0.147. The van der Waals surface area contributed by atoms with Crippen molar-refractivity contribution in [1.29, 1.82) is 0 Å². The summed E-state index contributed by atoms with van der Waals surface area (Å²) < 4.78 is 4.86. The summed E-state index contributed by atoms with van der Waals surface area (Å²) in [5.74, 6) is -0.116. The van der Waals surface area contributed by atoms with Gasteiger partial charge in [-0.1, -0.05) is 30.3 Å². The molecule has 19 heavy (non-hydrogen) atoms. The molecular formula is C15H22N2O2. The molecule has 0 spiro atoms. The van der Waals surface area contributed by atoms with Gasteiger partial charge in [0.2, 0.25) is 0 Å². The van der Waals surface area contributed by atoms with E-state index in [1.807, 2.05) is 25.2 Å². The van der Waals surface area contributed by atoms with Crippen molar-refractivity contribution in [3.8, 4) is 0 Å². The zero-order valence-corrected chi connectivity index (χ0v) is 11.6. The van der Waals surface area contributed by atoms with Crippen molar-refractivity contribution in [3.63, 3.8) is 0 Å². The number of methoxy groups -OCH3 is 1. The average Bonchev–Trinajstić information content (AvgIpc) is 2.45. The van der Waals surface area contributed by atoms with Crippen LogP contribution in [0.4, 0.5) is 0 Å². The zero-order chi connectivity index (χ0) is 13.7. The summed E-state index contributed by atoms with van der Waals surface area (Å²) in [6.07, 6.45) is 0.851. The molecule has 0 amide bonds. The Kier molecular flexibility index (Phi) is 4.93. The third-order valence-electron chi connectivity index (χ3n) is 3.61. The van der Waals surface area contributed by atoms with Crippen LogP contribution in [0.5, 0.6) is 0 Å². The molecule has 0 saturated carbocycles. The molecular weight excluding hydrogens is 240 g/mol. The molecule has 4 heteroatoms. The van der Waals surface area contributed by atoms with E-state index < -0.39 is 0 Å². The minimum atomic E-state index is -0.0990. The maximum atomic E-state index is 11.7. The van der Waals surface area contributed by atoms with Gasteiger partial charge in [-0.3, -0.25) is 4.79 Å². The van der Waals surface area contributed by atoms with Crippen LogP contribution in [-0.4, -0.2) is 44.2 Å². The second-order valence-electron chi connectivity index (χ2n) is 5.24. The highest BCUT2D eigenvalue weighted by Crippen LogP contribution is 2.17. The predicted octanol–water partition coefficient (Wildman–Crippen LogP) is 1.27. The molecule has 2 atom stereocenters. The molecule has 0 aliphatic carbocycles. The Morgan fingerprint density at radius 1 is 1.37 bits per heavy atom. The zero-order valence-electron chi connectivity index (χ0n) is 11.6. The topological polar surface area (TPSA) is 41.6 Å². The molecule has 1 aromatic carbocycles. The Labute approximate surface area is 114 Å². The van der Waals surface area contributed by atoms with Crippen molar-refractivity contribution in [2.75, 3.05) is 27.2 Å². The van der Waals surface area contributed by atoms with Crippen molar-refractivity contribution in [3.05, 3.63) is 35.9 Å². The van der Waals surface area contributed by atoms with Gasteiger partial charge in [0, 0.05) is 25.7 Å². The van der Waals surface area contributed by atoms with Gasteiger partial charge in [0.1, 0.15) is 0 Å². The first-order valence-corrected chi connectivity index (χ1v) is 6.72. The van der Waals surface area contributed by atoms with Crippen LogP contribution in [-0.2, 0) is 16.1 Å². The van der Waals surface area contributed by atoms with Crippen molar-refractivity contribution < 1.29 is 9.53 Å². The SMILES string of the molecule is COC(=O)C1CC(NCc2ccccc2)CN(C)C1. The molecule has 1 aliphatic heterocycles. The van der Waals surface area contributed by atoms with E-state index >= 15 is 0 Å². The largest absolute Gasteiger partial charge is 0.469 e. The van der Waals surface area contributed by atoms with Crippen molar-refractivity contribution in [2.24, 2.45) is 5.92 Å². The number of carbonyl (C=O) groups is 1. The summed E-state index contributed by atoms with van der Waals surface area (Å²) in [5.41, 5.74) is 1.27. The predicted molar refractivity (Wildman–Crippen MR) is 74.7 cm³/mol. The number of nitrogens with zero attached hydrogens (tertiary/aromatic N) is 1. The number of likely N-dealkylation sites (N-methyl/N-ethyl adjacent to an activating group) is 1. The minimum Gasteiger partial charge on any atom is -0.469 e. The van der Waals surface area contributed by atoms with Gasteiger partial charge in [0.15, 0.2) is 0 Å². The summed E-state index contributed by atoms with van der Waals surface area (Å²) in [7, 11) is 3.51. The Balaban J connectivity index is 1.87.